The summed E-state index contributed by atoms with van der Waals surface area (Å²) in [6.45, 7) is 8.46. The molecule has 3 aliphatic rings. The third-order valence-electron chi connectivity index (χ3n) is 7.30. The highest BCUT2D eigenvalue weighted by molar-refractivity contribution is 5.75. The first-order valence-corrected chi connectivity index (χ1v) is 10.4. The molecule has 4 heteroatoms. The molecule has 146 valence electrons. The number of rotatable bonds is 5. The normalized spacial score (nSPS) is 35.7. The van der Waals surface area contributed by atoms with E-state index in [-0.39, 0.29) is 23.4 Å². The largest absolute Gasteiger partial charge is 0.462 e. The number of nitrogens with zero attached hydrogens (tertiary/aromatic N) is 2. The molecule has 4 rings (SSSR count). The topological polar surface area (TPSA) is 42.4 Å². The van der Waals surface area contributed by atoms with Crippen LogP contribution >= 0.6 is 0 Å². The molecule has 0 amide bonds. The van der Waals surface area contributed by atoms with Crippen LogP contribution in [0.2, 0.25) is 0 Å². The molecule has 0 unspecified atom stereocenters. The van der Waals surface area contributed by atoms with Crippen LogP contribution in [-0.4, -0.2) is 42.1 Å². The van der Waals surface area contributed by atoms with Crippen LogP contribution in [0.4, 0.5) is 0 Å². The summed E-state index contributed by atoms with van der Waals surface area (Å²) in [6.07, 6.45) is 8.57. The van der Waals surface area contributed by atoms with Crippen LogP contribution in [0.3, 0.4) is 0 Å². The quantitative estimate of drug-likeness (QED) is 0.584. The van der Waals surface area contributed by atoms with Crippen LogP contribution in [0.25, 0.3) is 0 Å². The van der Waals surface area contributed by atoms with E-state index in [0.717, 1.165) is 44.5 Å². The highest BCUT2D eigenvalue weighted by Gasteiger charge is 2.55. The number of ether oxygens (including phenoxy) is 1. The van der Waals surface area contributed by atoms with Crippen LogP contribution in [0.1, 0.15) is 44.7 Å². The maximum Gasteiger partial charge on any atom is 0.310 e. The Kier molecular flexibility index (Phi) is 5.11. The molecule has 0 N–H and O–H groups in total. The number of allylic oxidation sites excluding steroid dienone is 1. The Morgan fingerprint density at radius 2 is 2.26 bits per heavy atom. The van der Waals surface area contributed by atoms with Crippen LogP contribution in [0.15, 0.2) is 36.5 Å². The van der Waals surface area contributed by atoms with Gasteiger partial charge in [0.05, 0.1) is 5.92 Å². The van der Waals surface area contributed by atoms with Crippen LogP contribution in [-0.2, 0) is 16.0 Å². The molecule has 1 aromatic rings. The summed E-state index contributed by atoms with van der Waals surface area (Å²) in [5.74, 6) is 0.927. The van der Waals surface area contributed by atoms with Crippen molar-refractivity contribution in [3.05, 3.63) is 42.2 Å². The molecule has 5 atom stereocenters. The van der Waals surface area contributed by atoms with Gasteiger partial charge >= 0.3 is 5.97 Å². The minimum Gasteiger partial charge on any atom is -0.462 e. The van der Waals surface area contributed by atoms with E-state index in [1.54, 1.807) is 0 Å². The van der Waals surface area contributed by atoms with Gasteiger partial charge in [0.2, 0.25) is 0 Å². The second-order valence-electron chi connectivity index (χ2n) is 9.24. The highest BCUT2D eigenvalue weighted by atomic mass is 16.6. The van der Waals surface area contributed by atoms with E-state index >= 15 is 0 Å². The summed E-state index contributed by atoms with van der Waals surface area (Å²) in [7, 11) is 2.11. The molecule has 0 radical (unpaired) electrons. The van der Waals surface area contributed by atoms with Gasteiger partial charge in [-0.15, -0.1) is 0 Å². The Morgan fingerprint density at radius 1 is 1.41 bits per heavy atom. The Labute approximate surface area is 163 Å². The van der Waals surface area contributed by atoms with Crippen molar-refractivity contribution >= 4 is 5.97 Å². The van der Waals surface area contributed by atoms with Crippen molar-refractivity contribution in [1.29, 1.82) is 0 Å². The number of esters is 1. The molecule has 2 heterocycles. The Balaban J connectivity index is 1.40. The van der Waals surface area contributed by atoms with E-state index in [1.165, 1.54) is 18.4 Å². The van der Waals surface area contributed by atoms with Gasteiger partial charge in [-0.25, -0.2) is 0 Å². The lowest BCUT2D eigenvalue weighted by Gasteiger charge is -2.50. The predicted octanol–water partition coefficient (Wildman–Crippen LogP) is 3.87. The summed E-state index contributed by atoms with van der Waals surface area (Å²) >= 11 is 0. The highest BCUT2D eigenvalue weighted by Crippen LogP contribution is 2.56. The lowest BCUT2D eigenvalue weighted by Crippen LogP contribution is -2.45. The second kappa shape index (κ2) is 7.38. The van der Waals surface area contributed by atoms with Gasteiger partial charge in [0, 0.05) is 37.3 Å². The zero-order valence-corrected chi connectivity index (χ0v) is 16.7. The zero-order valence-electron chi connectivity index (χ0n) is 16.7. The maximum atomic E-state index is 12.7. The number of hydrogen-bond donors (Lipinski definition) is 0. The monoisotopic (exact) mass is 368 g/mol. The molecule has 1 saturated heterocycles. The van der Waals surface area contributed by atoms with E-state index in [2.05, 4.69) is 36.5 Å². The summed E-state index contributed by atoms with van der Waals surface area (Å²) < 4.78 is 5.88. The number of pyridine rings is 1. The van der Waals surface area contributed by atoms with Crippen molar-refractivity contribution < 1.29 is 9.53 Å². The number of carbonyl (C=O) groups is 1. The fraction of sp³-hybridized carbons (Fsp3) is 0.652. The van der Waals surface area contributed by atoms with Crippen LogP contribution < -0.4 is 0 Å². The average Bonchev–Trinajstić information content (AvgIpc) is 2.93. The molecule has 0 aromatic carbocycles. The van der Waals surface area contributed by atoms with Gasteiger partial charge in [-0.2, -0.15) is 0 Å². The van der Waals surface area contributed by atoms with Crippen molar-refractivity contribution in [2.45, 2.75) is 51.6 Å². The number of fused-ring (bicyclic) bond motifs is 2. The van der Waals surface area contributed by atoms with E-state index in [1.807, 2.05) is 18.3 Å². The standard InChI is InChI=1S/C23H32N2O2/c1-16-7-6-10-23(2)14-21-18(13-20(16)23)19(22(26)27-21)15-25(3)12-9-17-8-4-5-11-24-17/h4-5,8,11,18-21H,1,6-7,9-10,12-15H2,2-3H3/t18-,19-,20-,21+,23-/m0/s1. The molecule has 2 saturated carbocycles. The average molecular weight is 369 g/mol. The molecule has 4 nitrogen and oxygen atoms in total. The molecule has 0 spiro atoms. The lowest BCUT2D eigenvalue weighted by molar-refractivity contribution is -0.146. The minimum atomic E-state index is 0.00279. The van der Waals surface area contributed by atoms with Gasteiger partial charge in [0.1, 0.15) is 6.10 Å². The van der Waals surface area contributed by atoms with Gasteiger partial charge in [0.15, 0.2) is 0 Å². The summed E-state index contributed by atoms with van der Waals surface area (Å²) in [6, 6.07) is 6.03. The molecule has 2 aliphatic carbocycles. The first-order valence-electron chi connectivity index (χ1n) is 10.4. The molecular weight excluding hydrogens is 336 g/mol. The molecule has 1 aromatic heterocycles. The van der Waals surface area contributed by atoms with E-state index in [9.17, 15) is 4.79 Å². The first-order chi connectivity index (χ1) is 13.0. The zero-order chi connectivity index (χ0) is 19.0. The van der Waals surface area contributed by atoms with Gasteiger partial charge < -0.3 is 9.64 Å². The molecular formula is C23H32N2O2. The Hall–Kier alpha value is -1.68. The SMILES string of the molecule is C=C1CCC[C@@]2(C)C[C@H]3OC(=O)[C@@H](CN(C)CCc4ccccn4)[C@@H]3C[C@@H]12. The van der Waals surface area contributed by atoms with Gasteiger partial charge in [0.25, 0.3) is 0 Å². The van der Waals surface area contributed by atoms with E-state index < -0.39 is 0 Å². The molecule has 1 aliphatic heterocycles. The molecule has 0 bridgehead atoms. The fourth-order valence-corrected chi connectivity index (χ4v) is 5.74. The van der Waals surface area contributed by atoms with Gasteiger partial charge in [-0.05, 0) is 62.6 Å². The second-order valence-corrected chi connectivity index (χ2v) is 9.24. The number of carbonyl (C=O) groups excluding carboxylic acids is 1. The smallest absolute Gasteiger partial charge is 0.310 e. The maximum absolute atomic E-state index is 12.7. The third-order valence-corrected chi connectivity index (χ3v) is 7.30. The lowest BCUT2D eigenvalue weighted by atomic mass is 9.55. The molecule has 27 heavy (non-hydrogen) atoms. The number of hydrogen-bond acceptors (Lipinski definition) is 4. The first kappa shape index (κ1) is 18.7. The Morgan fingerprint density at radius 3 is 3.04 bits per heavy atom. The van der Waals surface area contributed by atoms with Crippen molar-refractivity contribution in [2.24, 2.45) is 23.2 Å². The predicted molar refractivity (Wildman–Crippen MR) is 106 cm³/mol. The van der Waals surface area contributed by atoms with Crippen molar-refractivity contribution in [3.63, 3.8) is 0 Å². The number of likely N-dealkylation sites (N-methyl/N-ethyl adjacent to an activating group) is 1. The summed E-state index contributed by atoms with van der Waals surface area (Å²) in [5.41, 5.74) is 2.78. The summed E-state index contributed by atoms with van der Waals surface area (Å²) in [4.78, 5) is 19.3. The van der Waals surface area contributed by atoms with Gasteiger partial charge in [-0.1, -0.05) is 25.1 Å². The van der Waals surface area contributed by atoms with Crippen LogP contribution in [0.5, 0.6) is 0 Å². The van der Waals surface area contributed by atoms with Crippen molar-refractivity contribution in [3.8, 4) is 0 Å². The third kappa shape index (κ3) is 3.69. The van der Waals surface area contributed by atoms with E-state index in [4.69, 9.17) is 4.74 Å². The molecule has 3 fully saturated rings. The summed E-state index contributed by atoms with van der Waals surface area (Å²) in [5, 5.41) is 0. The van der Waals surface area contributed by atoms with Crippen molar-refractivity contribution in [1.82, 2.24) is 9.88 Å². The van der Waals surface area contributed by atoms with E-state index in [0.29, 0.717) is 11.8 Å². The number of aromatic nitrogens is 1. The Bertz CT molecular complexity index is 704. The van der Waals surface area contributed by atoms with Crippen LogP contribution in [0, 0.1) is 23.2 Å². The van der Waals surface area contributed by atoms with Crippen molar-refractivity contribution in [2.75, 3.05) is 20.1 Å². The minimum absolute atomic E-state index is 0.00279. The van der Waals surface area contributed by atoms with Gasteiger partial charge in [-0.3, -0.25) is 9.78 Å². The fourth-order valence-electron chi connectivity index (χ4n) is 5.74.